The van der Waals surface area contributed by atoms with Crippen molar-refractivity contribution in [2.45, 2.75) is 39.0 Å². The van der Waals surface area contributed by atoms with E-state index in [9.17, 15) is 14.9 Å². The zero-order valence-electron chi connectivity index (χ0n) is 18.1. The molecular weight excluding hydrogens is 398 g/mol. The molecule has 1 aliphatic heterocycles. The summed E-state index contributed by atoms with van der Waals surface area (Å²) in [5.74, 6) is -0.332. The molecule has 1 amide bonds. The normalized spacial score (nSPS) is 20.1. The Labute approximate surface area is 182 Å². The summed E-state index contributed by atoms with van der Waals surface area (Å²) in [6, 6.07) is 9.76. The summed E-state index contributed by atoms with van der Waals surface area (Å²) in [5.41, 5.74) is 1.22. The molecule has 2 heterocycles. The van der Waals surface area contributed by atoms with Gasteiger partial charge in [-0.15, -0.1) is 0 Å². The van der Waals surface area contributed by atoms with Gasteiger partial charge in [0.25, 0.3) is 11.6 Å². The number of nitrogens with one attached hydrogen (secondary N) is 2. The fraction of sp³-hybridized carbons (Fsp3) is 0.455. The zero-order valence-corrected chi connectivity index (χ0v) is 18.1. The van der Waals surface area contributed by atoms with E-state index in [-0.39, 0.29) is 35.4 Å². The third kappa shape index (κ3) is 6.22. The summed E-state index contributed by atoms with van der Waals surface area (Å²) < 4.78 is 5.71. The molecule has 166 valence electrons. The van der Waals surface area contributed by atoms with Crippen molar-refractivity contribution in [2.75, 3.05) is 31.5 Å². The average Bonchev–Trinajstić information content (AvgIpc) is 2.73. The van der Waals surface area contributed by atoms with E-state index in [1.165, 1.54) is 6.07 Å². The van der Waals surface area contributed by atoms with Gasteiger partial charge >= 0.3 is 0 Å². The Hall–Kier alpha value is -3.04. The molecular formula is C22H29N5O4. The number of nitro benzene ring substituents is 1. The topological polar surface area (TPSA) is 110 Å². The molecule has 3 rings (SSSR count). The van der Waals surface area contributed by atoms with E-state index in [1.807, 2.05) is 39.0 Å². The van der Waals surface area contributed by atoms with Crippen LogP contribution in [-0.4, -0.2) is 59.1 Å². The average molecular weight is 428 g/mol. The van der Waals surface area contributed by atoms with Crippen molar-refractivity contribution in [1.82, 2.24) is 15.2 Å². The quantitative estimate of drug-likeness (QED) is 0.492. The fourth-order valence-corrected chi connectivity index (χ4v) is 3.78. The van der Waals surface area contributed by atoms with Crippen LogP contribution in [0.25, 0.3) is 0 Å². The molecule has 31 heavy (non-hydrogen) atoms. The predicted molar refractivity (Wildman–Crippen MR) is 118 cm³/mol. The van der Waals surface area contributed by atoms with Gasteiger partial charge in [0.05, 0.1) is 28.9 Å². The van der Waals surface area contributed by atoms with E-state index in [4.69, 9.17) is 4.74 Å². The van der Waals surface area contributed by atoms with Gasteiger partial charge in [-0.2, -0.15) is 0 Å². The Balaban J connectivity index is 1.61. The molecule has 0 spiro atoms. The highest BCUT2D eigenvalue weighted by Crippen LogP contribution is 2.29. The summed E-state index contributed by atoms with van der Waals surface area (Å²) in [6.45, 7) is 8.74. The van der Waals surface area contributed by atoms with Crippen LogP contribution < -0.4 is 10.6 Å². The van der Waals surface area contributed by atoms with Crippen molar-refractivity contribution in [1.29, 1.82) is 0 Å². The minimum absolute atomic E-state index is 0.147. The first-order chi connectivity index (χ1) is 14.8. The zero-order chi connectivity index (χ0) is 22.4. The van der Waals surface area contributed by atoms with Crippen molar-refractivity contribution in [3.05, 3.63) is 64.0 Å². The Morgan fingerprint density at radius 1 is 1.29 bits per heavy atom. The van der Waals surface area contributed by atoms with Crippen LogP contribution in [0.4, 0.5) is 11.4 Å². The first-order valence-corrected chi connectivity index (χ1v) is 10.5. The highest BCUT2D eigenvalue weighted by atomic mass is 16.6. The number of carbonyl (C=O) groups is 1. The Morgan fingerprint density at radius 2 is 2.03 bits per heavy atom. The van der Waals surface area contributed by atoms with Gasteiger partial charge in [0.2, 0.25) is 0 Å². The maximum atomic E-state index is 12.5. The number of anilines is 1. The first-order valence-electron chi connectivity index (χ1n) is 10.5. The molecule has 2 N–H and O–H groups in total. The van der Waals surface area contributed by atoms with Crippen LogP contribution in [-0.2, 0) is 4.74 Å². The third-order valence-corrected chi connectivity index (χ3v) is 5.17. The second kappa shape index (κ2) is 10.3. The maximum absolute atomic E-state index is 12.5. The van der Waals surface area contributed by atoms with E-state index >= 15 is 0 Å². The molecule has 0 aliphatic carbocycles. The van der Waals surface area contributed by atoms with Gasteiger partial charge in [0.15, 0.2) is 0 Å². The molecule has 3 atom stereocenters. The summed E-state index contributed by atoms with van der Waals surface area (Å²) in [6.07, 6.45) is 2.00. The monoisotopic (exact) mass is 427 g/mol. The number of benzene rings is 1. The lowest BCUT2D eigenvalue weighted by atomic mass is 10.1. The van der Waals surface area contributed by atoms with Gasteiger partial charge in [0.1, 0.15) is 5.69 Å². The van der Waals surface area contributed by atoms with Crippen molar-refractivity contribution in [3.63, 3.8) is 0 Å². The van der Waals surface area contributed by atoms with Crippen molar-refractivity contribution in [2.24, 2.45) is 0 Å². The number of aromatic nitrogens is 1. The summed E-state index contributed by atoms with van der Waals surface area (Å²) in [7, 11) is 0. The molecule has 1 aromatic heterocycles. The first kappa shape index (κ1) is 22.6. The lowest BCUT2D eigenvalue weighted by molar-refractivity contribution is -0.384. The summed E-state index contributed by atoms with van der Waals surface area (Å²) in [4.78, 5) is 30.2. The van der Waals surface area contributed by atoms with Gasteiger partial charge in [-0.05, 0) is 45.0 Å². The number of morpholine rings is 1. The number of pyridine rings is 1. The number of nitrogens with zero attached hydrogens (tertiary/aromatic N) is 3. The highest BCUT2D eigenvalue weighted by Gasteiger charge is 2.22. The fourth-order valence-electron chi connectivity index (χ4n) is 3.78. The van der Waals surface area contributed by atoms with Crippen LogP contribution in [0.5, 0.6) is 0 Å². The number of hydrogen-bond donors (Lipinski definition) is 2. The number of hydrogen-bond acceptors (Lipinski definition) is 7. The van der Waals surface area contributed by atoms with E-state index < -0.39 is 4.92 Å². The smallest absolute Gasteiger partial charge is 0.293 e. The third-order valence-electron chi connectivity index (χ3n) is 5.17. The predicted octanol–water partition coefficient (Wildman–Crippen LogP) is 3.00. The molecule has 0 bridgehead atoms. The van der Waals surface area contributed by atoms with E-state index in [0.717, 1.165) is 18.8 Å². The Kier molecular flexibility index (Phi) is 7.54. The van der Waals surface area contributed by atoms with Gasteiger partial charge < -0.3 is 15.4 Å². The molecule has 0 saturated carbocycles. The Morgan fingerprint density at radius 3 is 2.68 bits per heavy atom. The Bertz CT molecular complexity index is 898. The van der Waals surface area contributed by atoms with Crippen LogP contribution in [0.3, 0.4) is 0 Å². The molecule has 2 aromatic rings. The number of rotatable bonds is 8. The van der Waals surface area contributed by atoms with Crippen molar-refractivity contribution in [3.8, 4) is 0 Å². The second-order valence-electron chi connectivity index (χ2n) is 7.88. The summed E-state index contributed by atoms with van der Waals surface area (Å²) >= 11 is 0. The molecule has 1 saturated heterocycles. The number of ether oxygens (including phenoxy) is 1. The summed E-state index contributed by atoms with van der Waals surface area (Å²) in [5, 5.41) is 17.6. The van der Waals surface area contributed by atoms with Gasteiger partial charge in [-0.1, -0.05) is 6.07 Å². The molecule has 9 nitrogen and oxygen atoms in total. The maximum Gasteiger partial charge on any atom is 0.293 e. The van der Waals surface area contributed by atoms with Gasteiger partial charge in [-0.25, -0.2) is 0 Å². The van der Waals surface area contributed by atoms with Gasteiger partial charge in [-0.3, -0.25) is 24.8 Å². The largest absolute Gasteiger partial charge is 0.373 e. The highest BCUT2D eigenvalue weighted by molar-refractivity contribution is 5.95. The van der Waals surface area contributed by atoms with Crippen LogP contribution in [0.2, 0.25) is 0 Å². The van der Waals surface area contributed by atoms with E-state index in [1.54, 1.807) is 18.3 Å². The van der Waals surface area contributed by atoms with Crippen LogP contribution in [0, 0.1) is 10.1 Å². The molecule has 1 aromatic carbocycles. The second-order valence-corrected chi connectivity index (χ2v) is 7.88. The van der Waals surface area contributed by atoms with Crippen molar-refractivity contribution < 1.29 is 14.5 Å². The van der Waals surface area contributed by atoms with Crippen molar-refractivity contribution >= 4 is 17.3 Å². The molecule has 1 aliphatic rings. The minimum atomic E-state index is -0.485. The number of amides is 1. The molecule has 9 heteroatoms. The minimum Gasteiger partial charge on any atom is -0.373 e. The SMILES string of the molecule is CC1CN(CCNC(=O)c2ccc(NC(C)c3ccccn3)c([N+](=O)[O-])c2)CC(C)O1. The van der Waals surface area contributed by atoms with E-state index in [0.29, 0.717) is 18.8 Å². The molecule has 0 radical (unpaired) electrons. The van der Waals surface area contributed by atoms with Crippen LogP contribution >= 0.6 is 0 Å². The lowest BCUT2D eigenvalue weighted by Crippen LogP contribution is -2.47. The van der Waals surface area contributed by atoms with Gasteiger partial charge in [0, 0.05) is 44.0 Å². The number of carbonyl (C=O) groups excluding carboxylic acids is 1. The molecule has 3 unspecified atom stereocenters. The van der Waals surface area contributed by atoms with Crippen LogP contribution in [0.15, 0.2) is 42.6 Å². The standard InChI is InChI=1S/C22H29N5O4/c1-15-13-26(14-16(2)31-15)11-10-24-22(28)18-7-8-20(21(12-18)27(29)30)25-17(3)19-6-4-5-9-23-19/h4-9,12,15-17,25H,10-11,13-14H2,1-3H3,(H,24,28). The molecule has 1 fully saturated rings. The lowest BCUT2D eigenvalue weighted by Gasteiger charge is -2.35. The van der Waals surface area contributed by atoms with Crippen LogP contribution in [0.1, 0.15) is 42.9 Å². The van der Waals surface area contributed by atoms with E-state index in [2.05, 4.69) is 20.5 Å². The number of nitro groups is 1.